The number of nitrogen functional groups attached to an aromatic ring is 1. The van der Waals surface area contributed by atoms with Gasteiger partial charge in [0.05, 0.1) is 0 Å². The molecule has 0 radical (unpaired) electrons. The fraction of sp³-hybridized carbons (Fsp3) is 0.0714. The molecule has 0 fully saturated rings. The van der Waals surface area contributed by atoms with Gasteiger partial charge in [-0.1, -0.05) is 6.07 Å². The van der Waals surface area contributed by atoms with Crippen LogP contribution in [0, 0.1) is 18.6 Å². The number of nitrogens with two attached hydrogens (primary N) is 1. The topological polar surface area (TPSA) is 67.2 Å². The van der Waals surface area contributed by atoms with Gasteiger partial charge in [-0.05, 0) is 42.8 Å². The number of amides is 2. The maximum absolute atomic E-state index is 13.7. The van der Waals surface area contributed by atoms with Crippen molar-refractivity contribution >= 4 is 23.1 Å². The number of carbonyl (C=O) groups is 1. The Labute approximate surface area is 114 Å². The zero-order valence-corrected chi connectivity index (χ0v) is 10.7. The molecule has 0 saturated carbocycles. The molecule has 2 aromatic rings. The summed E-state index contributed by atoms with van der Waals surface area (Å²) in [6.07, 6.45) is 0. The highest BCUT2D eigenvalue weighted by Gasteiger charge is 2.14. The van der Waals surface area contributed by atoms with Gasteiger partial charge in [-0.3, -0.25) is 0 Å². The molecule has 0 saturated heterocycles. The quantitative estimate of drug-likeness (QED) is 0.735. The number of anilines is 3. The molecular formula is C14H13F2N3O. The van der Waals surface area contributed by atoms with E-state index in [0.717, 1.165) is 6.07 Å². The van der Waals surface area contributed by atoms with Gasteiger partial charge in [-0.25, -0.2) is 13.6 Å². The van der Waals surface area contributed by atoms with Crippen LogP contribution in [0.4, 0.5) is 30.6 Å². The number of rotatable bonds is 2. The van der Waals surface area contributed by atoms with E-state index in [0.29, 0.717) is 11.4 Å². The van der Waals surface area contributed by atoms with E-state index in [-0.39, 0.29) is 5.56 Å². The fourth-order valence-corrected chi connectivity index (χ4v) is 1.61. The molecule has 0 aliphatic rings. The number of benzene rings is 2. The molecule has 4 nitrogen and oxygen atoms in total. The summed E-state index contributed by atoms with van der Waals surface area (Å²) >= 11 is 0. The van der Waals surface area contributed by atoms with Gasteiger partial charge in [0.2, 0.25) is 0 Å². The lowest BCUT2D eigenvalue weighted by atomic mass is 10.2. The van der Waals surface area contributed by atoms with E-state index in [1.54, 1.807) is 24.3 Å². The normalized spacial score (nSPS) is 10.2. The molecule has 0 aliphatic carbocycles. The third kappa shape index (κ3) is 3.03. The molecular weight excluding hydrogens is 264 g/mol. The highest BCUT2D eigenvalue weighted by atomic mass is 19.1. The molecule has 6 heteroatoms. The van der Waals surface area contributed by atoms with Crippen molar-refractivity contribution < 1.29 is 13.6 Å². The summed E-state index contributed by atoms with van der Waals surface area (Å²) in [7, 11) is 0. The highest BCUT2D eigenvalue weighted by Crippen LogP contribution is 2.22. The average molecular weight is 277 g/mol. The van der Waals surface area contributed by atoms with E-state index < -0.39 is 23.4 Å². The third-order valence-corrected chi connectivity index (χ3v) is 2.69. The van der Waals surface area contributed by atoms with Crippen molar-refractivity contribution in [1.82, 2.24) is 0 Å². The summed E-state index contributed by atoms with van der Waals surface area (Å²) in [6, 6.07) is 8.02. The molecule has 20 heavy (non-hydrogen) atoms. The van der Waals surface area contributed by atoms with Gasteiger partial charge in [-0.2, -0.15) is 0 Å². The second-order valence-electron chi connectivity index (χ2n) is 4.25. The predicted octanol–water partition coefficient (Wildman–Crippen LogP) is 3.50. The molecule has 104 valence electrons. The van der Waals surface area contributed by atoms with Crippen molar-refractivity contribution in [1.29, 1.82) is 0 Å². The van der Waals surface area contributed by atoms with Crippen molar-refractivity contribution in [3.05, 3.63) is 53.6 Å². The minimum absolute atomic E-state index is 0.245. The summed E-state index contributed by atoms with van der Waals surface area (Å²) in [6.45, 7) is 1.48. The van der Waals surface area contributed by atoms with E-state index in [4.69, 9.17) is 5.73 Å². The molecule has 2 amide bonds. The Balaban J connectivity index is 2.12. The number of halogens is 2. The molecule has 2 rings (SSSR count). The van der Waals surface area contributed by atoms with Crippen LogP contribution in [0.1, 0.15) is 5.56 Å². The van der Waals surface area contributed by atoms with Gasteiger partial charge in [0, 0.05) is 11.4 Å². The van der Waals surface area contributed by atoms with Crippen LogP contribution < -0.4 is 16.4 Å². The maximum atomic E-state index is 13.7. The number of hydrogen-bond donors (Lipinski definition) is 3. The molecule has 2 aromatic carbocycles. The second-order valence-corrected chi connectivity index (χ2v) is 4.25. The summed E-state index contributed by atoms with van der Waals surface area (Å²) in [4.78, 5) is 11.7. The van der Waals surface area contributed by atoms with Crippen LogP contribution in [0.3, 0.4) is 0 Å². The monoisotopic (exact) mass is 277 g/mol. The Morgan fingerprint density at radius 2 is 1.70 bits per heavy atom. The van der Waals surface area contributed by atoms with Crippen molar-refractivity contribution in [2.24, 2.45) is 0 Å². The number of hydrogen-bond acceptors (Lipinski definition) is 2. The van der Waals surface area contributed by atoms with Crippen LogP contribution in [-0.2, 0) is 0 Å². The standard InChI is InChI=1S/C14H13F2N3O/c1-8-2-7-11(15)13(12(8)16)19-14(20)18-10-5-3-9(17)4-6-10/h2-7H,17H2,1H3,(H2,18,19,20). The van der Waals surface area contributed by atoms with Gasteiger partial charge in [0.1, 0.15) is 11.5 Å². The Morgan fingerprint density at radius 1 is 1.05 bits per heavy atom. The molecule has 0 aromatic heterocycles. The Kier molecular flexibility index (Phi) is 3.84. The van der Waals surface area contributed by atoms with E-state index in [2.05, 4.69) is 10.6 Å². The van der Waals surface area contributed by atoms with Crippen LogP contribution in [0.25, 0.3) is 0 Å². The van der Waals surface area contributed by atoms with E-state index >= 15 is 0 Å². The molecule has 0 aliphatic heterocycles. The first-order valence-corrected chi connectivity index (χ1v) is 5.85. The molecule has 4 N–H and O–H groups in total. The first-order valence-electron chi connectivity index (χ1n) is 5.85. The first kappa shape index (κ1) is 13.8. The number of carbonyl (C=O) groups excluding carboxylic acids is 1. The van der Waals surface area contributed by atoms with Crippen LogP contribution in [0.5, 0.6) is 0 Å². The van der Waals surface area contributed by atoms with E-state index in [1.165, 1.54) is 13.0 Å². The second kappa shape index (κ2) is 5.56. The highest BCUT2D eigenvalue weighted by molar-refractivity contribution is 6.00. The van der Waals surface area contributed by atoms with Gasteiger partial charge >= 0.3 is 6.03 Å². The van der Waals surface area contributed by atoms with E-state index in [9.17, 15) is 13.6 Å². The summed E-state index contributed by atoms with van der Waals surface area (Å²) in [5.41, 5.74) is 6.29. The van der Waals surface area contributed by atoms with Crippen molar-refractivity contribution in [2.75, 3.05) is 16.4 Å². The molecule has 0 heterocycles. The van der Waals surface area contributed by atoms with Crippen molar-refractivity contribution in [3.8, 4) is 0 Å². The van der Waals surface area contributed by atoms with Gasteiger partial charge in [-0.15, -0.1) is 0 Å². The Morgan fingerprint density at radius 3 is 2.35 bits per heavy atom. The number of urea groups is 1. The van der Waals surface area contributed by atoms with Crippen LogP contribution >= 0.6 is 0 Å². The zero-order valence-electron chi connectivity index (χ0n) is 10.7. The molecule has 0 atom stereocenters. The van der Waals surface area contributed by atoms with Crippen LogP contribution in [-0.4, -0.2) is 6.03 Å². The Hall–Kier alpha value is -2.63. The Bertz CT molecular complexity index is 642. The summed E-state index contributed by atoms with van der Waals surface area (Å²) in [5.74, 6) is -1.63. The fourth-order valence-electron chi connectivity index (χ4n) is 1.61. The van der Waals surface area contributed by atoms with Gasteiger partial charge in [0.15, 0.2) is 5.82 Å². The van der Waals surface area contributed by atoms with Gasteiger partial charge in [0.25, 0.3) is 0 Å². The minimum atomic E-state index is -0.833. The smallest absolute Gasteiger partial charge is 0.323 e. The lowest BCUT2D eigenvalue weighted by Gasteiger charge is -2.10. The van der Waals surface area contributed by atoms with Crippen molar-refractivity contribution in [2.45, 2.75) is 6.92 Å². The van der Waals surface area contributed by atoms with Crippen LogP contribution in [0.15, 0.2) is 36.4 Å². The van der Waals surface area contributed by atoms with E-state index in [1.807, 2.05) is 0 Å². The lowest BCUT2D eigenvalue weighted by molar-refractivity contribution is 0.262. The molecule has 0 spiro atoms. The molecule has 0 unspecified atom stereocenters. The summed E-state index contributed by atoms with van der Waals surface area (Å²) in [5, 5.41) is 4.60. The number of nitrogens with one attached hydrogen (secondary N) is 2. The minimum Gasteiger partial charge on any atom is -0.399 e. The van der Waals surface area contributed by atoms with Crippen molar-refractivity contribution in [3.63, 3.8) is 0 Å². The predicted molar refractivity (Wildman–Crippen MR) is 74.6 cm³/mol. The third-order valence-electron chi connectivity index (χ3n) is 2.69. The first-order chi connectivity index (χ1) is 9.47. The SMILES string of the molecule is Cc1ccc(F)c(NC(=O)Nc2ccc(N)cc2)c1F. The lowest BCUT2D eigenvalue weighted by Crippen LogP contribution is -2.21. The average Bonchev–Trinajstić information content (AvgIpc) is 2.42. The largest absolute Gasteiger partial charge is 0.399 e. The number of aryl methyl sites for hydroxylation is 1. The zero-order chi connectivity index (χ0) is 14.7. The summed E-state index contributed by atoms with van der Waals surface area (Å²) < 4.78 is 27.2. The molecule has 0 bridgehead atoms. The van der Waals surface area contributed by atoms with Gasteiger partial charge < -0.3 is 16.4 Å². The van der Waals surface area contributed by atoms with Crippen LogP contribution in [0.2, 0.25) is 0 Å². The maximum Gasteiger partial charge on any atom is 0.323 e.